The summed E-state index contributed by atoms with van der Waals surface area (Å²) in [4.78, 5) is 28.6. The molecule has 0 aliphatic carbocycles. The molecule has 28 heavy (non-hydrogen) atoms. The van der Waals surface area contributed by atoms with E-state index in [9.17, 15) is 9.59 Å². The van der Waals surface area contributed by atoms with E-state index in [-0.39, 0.29) is 25.2 Å². The molecule has 1 aliphatic rings. The number of ketones is 1. The molecule has 144 valence electrons. The quantitative estimate of drug-likeness (QED) is 0.323. The number of esters is 1. The number of aryl methyl sites for hydroxylation is 1. The Morgan fingerprint density at radius 1 is 1.07 bits per heavy atom. The Labute approximate surface area is 166 Å². The zero-order chi connectivity index (χ0) is 19.3. The summed E-state index contributed by atoms with van der Waals surface area (Å²) in [7, 11) is 0. The van der Waals surface area contributed by atoms with Crippen LogP contribution in [-0.4, -0.2) is 30.1 Å². The number of ether oxygens (including phenoxy) is 3. The second-order valence-electron chi connectivity index (χ2n) is 6.43. The Balaban J connectivity index is 1.18. The lowest BCUT2D eigenvalue weighted by Gasteiger charge is -2.05. The first-order valence-electron chi connectivity index (χ1n) is 9.12. The largest absolute Gasteiger partial charge is 0.457 e. The van der Waals surface area contributed by atoms with Crippen LogP contribution < -0.4 is 9.47 Å². The average molecular weight is 397 g/mol. The van der Waals surface area contributed by atoms with Crippen LogP contribution in [0.4, 0.5) is 0 Å². The van der Waals surface area contributed by atoms with E-state index in [0.717, 1.165) is 23.4 Å². The molecule has 2 aromatic carbocycles. The monoisotopic (exact) mass is 397 g/mol. The van der Waals surface area contributed by atoms with E-state index in [0.29, 0.717) is 29.9 Å². The van der Waals surface area contributed by atoms with Crippen molar-refractivity contribution in [2.24, 2.45) is 0 Å². The van der Waals surface area contributed by atoms with Crippen LogP contribution in [0.25, 0.3) is 10.2 Å². The lowest BCUT2D eigenvalue weighted by molar-refractivity contribution is -0.142. The summed E-state index contributed by atoms with van der Waals surface area (Å²) in [6.07, 6.45) is 2.68. The van der Waals surface area contributed by atoms with Crippen molar-refractivity contribution in [3.05, 3.63) is 53.0 Å². The molecule has 0 atom stereocenters. The summed E-state index contributed by atoms with van der Waals surface area (Å²) in [5.74, 6) is 0.521. The van der Waals surface area contributed by atoms with Gasteiger partial charge in [0.1, 0.15) is 0 Å². The third kappa shape index (κ3) is 4.31. The van der Waals surface area contributed by atoms with Gasteiger partial charge in [-0.3, -0.25) is 9.59 Å². The van der Waals surface area contributed by atoms with Gasteiger partial charge in [-0.1, -0.05) is 12.1 Å². The van der Waals surface area contributed by atoms with Gasteiger partial charge in [-0.25, -0.2) is 4.98 Å². The van der Waals surface area contributed by atoms with Crippen LogP contribution in [-0.2, 0) is 16.0 Å². The minimum Gasteiger partial charge on any atom is -0.457 e. The van der Waals surface area contributed by atoms with Gasteiger partial charge in [0.25, 0.3) is 0 Å². The average Bonchev–Trinajstić information content (AvgIpc) is 3.34. The highest BCUT2D eigenvalue weighted by atomic mass is 32.1. The third-order valence-corrected chi connectivity index (χ3v) is 5.51. The fraction of sp³-hybridized carbons (Fsp3) is 0.286. The highest BCUT2D eigenvalue weighted by molar-refractivity contribution is 7.18. The lowest BCUT2D eigenvalue weighted by atomic mass is 10.1. The summed E-state index contributed by atoms with van der Waals surface area (Å²) in [5.41, 5.74) is 1.46. The molecule has 0 amide bonds. The van der Waals surface area contributed by atoms with Crippen LogP contribution in [0.15, 0.2) is 42.5 Å². The van der Waals surface area contributed by atoms with Crippen molar-refractivity contribution >= 4 is 33.3 Å². The van der Waals surface area contributed by atoms with Gasteiger partial charge in [0.15, 0.2) is 23.9 Å². The highest BCUT2D eigenvalue weighted by Gasteiger charge is 2.17. The third-order valence-electron chi connectivity index (χ3n) is 4.42. The number of para-hydroxylation sites is 1. The van der Waals surface area contributed by atoms with E-state index >= 15 is 0 Å². The van der Waals surface area contributed by atoms with Crippen LogP contribution in [0.2, 0.25) is 0 Å². The number of carbonyl (C=O) groups is 2. The molecular weight excluding hydrogens is 378 g/mol. The van der Waals surface area contributed by atoms with Crippen molar-refractivity contribution in [2.75, 3.05) is 13.4 Å². The molecule has 7 heteroatoms. The highest BCUT2D eigenvalue weighted by Crippen LogP contribution is 2.32. The standard InChI is InChI=1S/C21H19NO5S/c23-16(14-9-10-17-18(11-14)27-13-26-17)12-25-21(24)8-4-3-7-20-22-15-5-1-2-6-19(15)28-20/h1-2,5-6,9-11H,3-4,7-8,12-13H2. The van der Waals surface area contributed by atoms with E-state index in [4.69, 9.17) is 14.2 Å². The number of rotatable bonds is 8. The van der Waals surface area contributed by atoms with Gasteiger partial charge in [0.2, 0.25) is 6.79 Å². The van der Waals surface area contributed by atoms with Gasteiger partial charge in [-0.15, -0.1) is 11.3 Å². The SMILES string of the molecule is O=C(CCCCc1nc2ccccc2s1)OCC(=O)c1ccc2c(c1)OCO2. The maximum Gasteiger partial charge on any atom is 0.306 e. The van der Waals surface area contributed by atoms with Crippen LogP contribution in [0.5, 0.6) is 11.5 Å². The number of Topliss-reactive ketones (excluding diaryl/α,β-unsaturated/α-hetero) is 1. The molecule has 0 saturated carbocycles. The molecule has 1 aromatic heterocycles. The van der Waals surface area contributed by atoms with Crippen LogP contribution >= 0.6 is 11.3 Å². The zero-order valence-corrected chi connectivity index (χ0v) is 16.0. The number of aromatic nitrogens is 1. The van der Waals surface area contributed by atoms with Gasteiger partial charge in [0, 0.05) is 12.0 Å². The summed E-state index contributed by atoms with van der Waals surface area (Å²) < 4.78 is 16.7. The summed E-state index contributed by atoms with van der Waals surface area (Å²) in [6.45, 7) is -0.116. The molecular formula is C21H19NO5S. The molecule has 0 bridgehead atoms. The molecule has 1 aliphatic heterocycles. The molecule has 0 fully saturated rings. The van der Waals surface area contributed by atoms with Gasteiger partial charge in [-0.05, 0) is 49.6 Å². The minimum absolute atomic E-state index is 0.152. The van der Waals surface area contributed by atoms with Gasteiger partial charge >= 0.3 is 5.97 Å². The van der Waals surface area contributed by atoms with Crippen molar-refractivity contribution in [2.45, 2.75) is 25.7 Å². The molecule has 0 spiro atoms. The van der Waals surface area contributed by atoms with Crippen molar-refractivity contribution in [3.63, 3.8) is 0 Å². The number of thiazole rings is 1. The Bertz CT molecular complexity index is 980. The zero-order valence-electron chi connectivity index (χ0n) is 15.2. The van der Waals surface area contributed by atoms with E-state index < -0.39 is 0 Å². The number of fused-ring (bicyclic) bond motifs is 2. The Hall–Kier alpha value is -2.93. The van der Waals surface area contributed by atoms with Crippen LogP contribution in [0.3, 0.4) is 0 Å². The van der Waals surface area contributed by atoms with Gasteiger partial charge in [-0.2, -0.15) is 0 Å². The molecule has 0 saturated heterocycles. The van der Waals surface area contributed by atoms with Gasteiger partial charge in [0.05, 0.1) is 15.2 Å². The van der Waals surface area contributed by atoms with Crippen molar-refractivity contribution in [1.29, 1.82) is 0 Å². The predicted molar refractivity (Wildman–Crippen MR) is 105 cm³/mol. The Morgan fingerprint density at radius 3 is 2.82 bits per heavy atom. The van der Waals surface area contributed by atoms with Crippen molar-refractivity contribution in [1.82, 2.24) is 4.98 Å². The molecule has 0 radical (unpaired) electrons. The summed E-state index contributed by atoms with van der Waals surface area (Å²) in [5, 5.41) is 1.08. The maximum absolute atomic E-state index is 12.2. The molecule has 0 unspecified atom stereocenters. The first-order valence-corrected chi connectivity index (χ1v) is 9.93. The number of benzene rings is 2. The maximum atomic E-state index is 12.2. The minimum atomic E-state index is -0.363. The second-order valence-corrected chi connectivity index (χ2v) is 7.55. The lowest BCUT2D eigenvalue weighted by Crippen LogP contribution is -2.14. The molecule has 3 aromatic rings. The van der Waals surface area contributed by atoms with Crippen LogP contribution in [0, 0.1) is 0 Å². The number of unbranched alkanes of at least 4 members (excludes halogenated alkanes) is 1. The Kier molecular flexibility index (Phi) is 5.53. The molecule has 4 rings (SSSR count). The number of hydrogen-bond donors (Lipinski definition) is 0. The van der Waals surface area contributed by atoms with E-state index in [1.54, 1.807) is 29.5 Å². The first-order chi connectivity index (χ1) is 13.7. The number of nitrogens with zero attached hydrogens (tertiary/aromatic N) is 1. The molecule has 0 N–H and O–H groups in total. The van der Waals surface area contributed by atoms with Crippen molar-refractivity contribution in [3.8, 4) is 11.5 Å². The molecule has 2 heterocycles. The predicted octanol–water partition coefficient (Wildman–Crippen LogP) is 4.16. The van der Waals surface area contributed by atoms with Crippen molar-refractivity contribution < 1.29 is 23.8 Å². The smallest absolute Gasteiger partial charge is 0.306 e. The second kappa shape index (κ2) is 8.39. The van der Waals surface area contributed by atoms with E-state index in [2.05, 4.69) is 11.1 Å². The van der Waals surface area contributed by atoms with E-state index in [1.165, 1.54) is 4.70 Å². The Morgan fingerprint density at radius 2 is 1.93 bits per heavy atom. The summed E-state index contributed by atoms with van der Waals surface area (Å²) >= 11 is 1.69. The van der Waals surface area contributed by atoms with E-state index in [1.807, 2.05) is 18.2 Å². The first kappa shape index (κ1) is 18.4. The topological polar surface area (TPSA) is 74.7 Å². The number of hydrogen-bond acceptors (Lipinski definition) is 7. The normalized spacial score (nSPS) is 12.3. The van der Waals surface area contributed by atoms with Crippen LogP contribution in [0.1, 0.15) is 34.6 Å². The van der Waals surface area contributed by atoms with Gasteiger partial charge < -0.3 is 14.2 Å². The fourth-order valence-corrected chi connectivity index (χ4v) is 3.95. The summed E-state index contributed by atoms with van der Waals surface area (Å²) in [6, 6.07) is 13.0. The number of carbonyl (C=O) groups excluding carboxylic acids is 2. The molecule has 6 nitrogen and oxygen atoms in total. The fourth-order valence-electron chi connectivity index (χ4n) is 2.94.